The molecule has 0 spiro atoms. The highest BCUT2D eigenvalue weighted by molar-refractivity contribution is 6.31. The van der Waals surface area contributed by atoms with Gasteiger partial charge in [0.15, 0.2) is 5.76 Å². The fourth-order valence-corrected chi connectivity index (χ4v) is 2.39. The molecule has 0 unspecified atom stereocenters. The predicted octanol–water partition coefficient (Wildman–Crippen LogP) is 4.56. The molecule has 23 heavy (non-hydrogen) atoms. The van der Waals surface area contributed by atoms with Crippen LogP contribution in [0, 0.1) is 17.0 Å². The third-order valence-corrected chi connectivity index (χ3v) is 3.54. The number of nitro benzene ring substituents is 1. The molecule has 0 atom stereocenters. The zero-order valence-electron chi connectivity index (χ0n) is 12.0. The van der Waals surface area contributed by atoms with Crippen LogP contribution in [0.15, 0.2) is 46.9 Å². The van der Waals surface area contributed by atoms with E-state index < -0.39 is 10.8 Å². The Kier molecular flexibility index (Phi) is 3.75. The van der Waals surface area contributed by atoms with Crippen molar-refractivity contribution in [2.75, 3.05) is 5.32 Å². The van der Waals surface area contributed by atoms with Gasteiger partial charge in [-0.05, 0) is 42.8 Å². The van der Waals surface area contributed by atoms with Crippen LogP contribution in [0.3, 0.4) is 0 Å². The average Bonchev–Trinajstić information content (AvgIpc) is 2.92. The zero-order valence-corrected chi connectivity index (χ0v) is 12.8. The average molecular weight is 331 g/mol. The highest BCUT2D eigenvalue weighted by Crippen LogP contribution is 2.27. The molecule has 1 aromatic heterocycles. The van der Waals surface area contributed by atoms with Gasteiger partial charge in [0.1, 0.15) is 11.3 Å². The molecule has 2 aromatic carbocycles. The topological polar surface area (TPSA) is 85.4 Å². The third kappa shape index (κ3) is 3.02. The lowest BCUT2D eigenvalue weighted by Gasteiger charge is -2.05. The number of furan rings is 1. The second-order valence-corrected chi connectivity index (χ2v) is 5.46. The quantitative estimate of drug-likeness (QED) is 0.563. The lowest BCUT2D eigenvalue weighted by atomic mass is 10.2. The SMILES string of the molecule is Cc1ccc(NC(=O)c2cc3cc(Cl)ccc3o2)c([N+](=O)[O-])c1. The Morgan fingerprint density at radius 2 is 2.00 bits per heavy atom. The summed E-state index contributed by atoms with van der Waals surface area (Å²) >= 11 is 5.89. The van der Waals surface area contributed by atoms with Crippen molar-refractivity contribution >= 4 is 39.9 Å². The van der Waals surface area contributed by atoms with E-state index in [2.05, 4.69) is 5.32 Å². The Labute approximate surface area is 135 Å². The molecule has 0 saturated heterocycles. The van der Waals surface area contributed by atoms with E-state index in [0.717, 1.165) is 5.56 Å². The largest absolute Gasteiger partial charge is 0.451 e. The van der Waals surface area contributed by atoms with E-state index in [9.17, 15) is 14.9 Å². The van der Waals surface area contributed by atoms with Gasteiger partial charge in [0.25, 0.3) is 11.6 Å². The van der Waals surface area contributed by atoms with Crippen molar-refractivity contribution in [3.05, 3.63) is 68.9 Å². The smallest absolute Gasteiger partial charge is 0.293 e. The number of nitrogens with zero attached hydrogens (tertiary/aromatic N) is 1. The predicted molar refractivity (Wildman–Crippen MR) is 87.0 cm³/mol. The number of carbonyl (C=O) groups excluding carboxylic acids is 1. The first-order chi connectivity index (χ1) is 10.9. The Bertz CT molecular complexity index is 933. The molecular weight excluding hydrogens is 320 g/mol. The Morgan fingerprint density at radius 1 is 1.22 bits per heavy atom. The summed E-state index contributed by atoms with van der Waals surface area (Å²) < 4.78 is 5.44. The Hall–Kier alpha value is -2.86. The van der Waals surface area contributed by atoms with Gasteiger partial charge in [-0.1, -0.05) is 17.7 Å². The number of hydrogen-bond acceptors (Lipinski definition) is 4. The van der Waals surface area contributed by atoms with E-state index >= 15 is 0 Å². The summed E-state index contributed by atoms with van der Waals surface area (Å²) in [7, 11) is 0. The van der Waals surface area contributed by atoms with Gasteiger partial charge in [-0.3, -0.25) is 14.9 Å². The van der Waals surface area contributed by atoms with Gasteiger partial charge < -0.3 is 9.73 Å². The van der Waals surface area contributed by atoms with Crippen LogP contribution in [0.5, 0.6) is 0 Å². The van der Waals surface area contributed by atoms with Crippen LogP contribution in [-0.2, 0) is 0 Å². The van der Waals surface area contributed by atoms with Gasteiger partial charge in [-0.2, -0.15) is 0 Å². The molecular formula is C16H11ClN2O4. The van der Waals surface area contributed by atoms with Crippen LogP contribution in [0.2, 0.25) is 5.02 Å². The maximum absolute atomic E-state index is 12.3. The van der Waals surface area contributed by atoms with Crippen LogP contribution in [0.4, 0.5) is 11.4 Å². The fraction of sp³-hybridized carbons (Fsp3) is 0.0625. The summed E-state index contributed by atoms with van der Waals surface area (Å²) in [4.78, 5) is 22.8. The van der Waals surface area contributed by atoms with Gasteiger partial charge in [0, 0.05) is 16.5 Å². The van der Waals surface area contributed by atoms with Gasteiger partial charge >= 0.3 is 0 Å². The zero-order chi connectivity index (χ0) is 16.6. The van der Waals surface area contributed by atoms with Gasteiger partial charge in [0.05, 0.1) is 4.92 Å². The number of rotatable bonds is 3. The molecule has 6 nitrogen and oxygen atoms in total. The summed E-state index contributed by atoms with van der Waals surface area (Å²) in [5.41, 5.74) is 1.19. The second kappa shape index (κ2) is 5.73. The van der Waals surface area contributed by atoms with Crippen molar-refractivity contribution in [2.24, 2.45) is 0 Å². The molecule has 1 amide bonds. The first kappa shape index (κ1) is 15.1. The summed E-state index contributed by atoms with van der Waals surface area (Å²) in [6.07, 6.45) is 0. The molecule has 0 fully saturated rings. The van der Waals surface area contributed by atoms with E-state index in [4.69, 9.17) is 16.0 Å². The van der Waals surface area contributed by atoms with E-state index in [1.54, 1.807) is 31.2 Å². The summed E-state index contributed by atoms with van der Waals surface area (Å²) in [6.45, 7) is 1.74. The number of carbonyl (C=O) groups is 1. The summed E-state index contributed by atoms with van der Waals surface area (Å²) in [5.74, 6) is -0.513. The molecule has 1 N–H and O–H groups in total. The van der Waals surface area contributed by atoms with E-state index in [0.29, 0.717) is 16.0 Å². The van der Waals surface area contributed by atoms with Crippen molar-refractivity contribution in [2.45, 2.75) is 6.92 Å². The third-order valence-electron chi connectivity index (χ3n) is 3.30. The summed E-state index contributed by atoms with van der Waals surface area (Å²) in [6, 6.07) is 11.1. The first-order valence-electron chi connectivity index (χ1n) is 6.69. The number of benzene rings is 2. The second-order valence-electron chi connectivity index (χ2n) is 5.02. The van der Waals surface area contributed by atoms with E-state index in [1.807, 2.05) is 0 Å². The van der Waals surface area contributed by atoms with Crippen LogP contribution >= 0.6 is 11.6 Å². The van der Waals surface area contributed by atoms with Gasteiger partial charge in [-0.25, -0.2) is 0 Å². The Balaban J connectivity index is 1.93. The van der Waals surface area contributed by atoms with Crippen LogP contribution < -0.4 is 5.32 Å². The standard InChI is InChI=1S/C16H11ClN2O4/c1-9-2-4-12(13(6-9)19(21)22)18-16(20)15-8-10-7-11(17)3-5-14(10)23-15/h2-8H,1H3,(H,18,20). The van der Waals surface area contributed by atoms with Crippen molar-refractivity contribution in [1.82, 2.24) is 0 Å². The molecule has 0 saturated carbocycles. The Morgan fingerprint density at radius 3 is 2.74 bits per heavy atom. The molecule has 7 heteroatoms. The normalized spacial score (nSPS) is 10.7. The van der Waals surface area contributed by atoms with Crippen molar-refractivity contribution < 1.29 is 14.1 Å². The van der Waals surface area contributed by atoms with Crippen molar-refractivity contribution in [1.29, 1.82) is 0 Å². The summed E-state index contributed by atoms with van der Waals surface area (Å²) in [5, 5.41) is 14.8. The molecule has 3 rings (SSSR count). The molecule has 0 aliphatic carbocycles. The number of aryl methyl sites for hydroxylation is 1. The van der Waals surface area contributed by atoms with Crippen LogP contribution in [-0.4, -0.2) is 10.8 Å². The number of nitrogens with one attached hydrogen (secondary N) is 1. The lowest BCUT2D eigenvalue weighted by Crippen LogP contribution is -2.12. The minimum absolute atomic E-state index is 0.0529. The molecule has 0 aliphatic heterocycles. The van der Waals surface area contributed by atoms with Gasteiger partial charge in [0.2, 0.25) is 0 Å². The number of nitro groups is 1. The first-order valence-corrected chi connectivity index (χ1v) is 7.07. The highest BCUT2D eigenvalue weighted by atomic mass is 35.5. The van der Waals surface area contributed by atoms with Crippen molar-refractivity contribution in [3.63, 3.8) is 0 Å². The van der Waals surface area contributed by atoms with Crippen molar-refractivity contribution in [3.8, 4) is 0 Å². The van der Waals surface area contributed by atoms with Crippen LogP contribution in [0.1, 0.15) is 16.1 Å². The maximum atomic E-state index is 12.3. The minimum Gasteiger partial charge on any atom is -0.451 e. The van der Waals surface area contributed by atoms with Gasteiger partial charge in [-0.15, -0.1) is 0 Å². The monoisotopic (exact) mass is 330 g/mol. The lowest BCUT2D eigenvalue weighted by molar-refractivity contribution is -0.384. The number of fused-ring (bicyclic) bond motifs is 1. The van der Waals surface area contributed by atoms with Crippen LogP contribution in [0.25, 0.3) is 11.0 Å². The fourth-order valence-electron chi connectivity index (χ4n) is 2.21. The molecule has 0 bridgehead atoms. The maximum Gasteiger partial charge on any atom is 0.293 e. The molecule has 0 aliphatic rings. The highest BCUT2D eigenvalue weighted by Gasteiger charge is 2.19. The molecule has 116 valence electrons. The molecule has 0 radical (unpaired) electrons. The number of halogens is 1. The number of hydrogen-bond donors (Lipinski definition) is 1. The molecule has 3 aromatic rings. The number of amides is 1. The minimum atomic E-state index is -0.565. The van der Waals surface area contributed by atoms with E-state index in [1.165, 1.54) is 18.2 Å². The van der Waals surface area contributed by atoms with E-state index in [-0.39, 0.29) is 17.1 Å². The molecule has 1 heterocycles. The number of anilines is 1.